The van der Waals surface area contributed by atoms with Crippen LogP contribution >= 0.6 is 0 Å². The summed E-state index contributed by atoms with van der Waals surface area (Å²) in [5.41, 5.74) is 8.31. The molecule has 0 bridgehead atoms. The summed E-state index contributed by atoms with van der Waals surface area (Å²) in [6.45, 7) is 2.13. The third kappa shape index (κ3) is 4.86. The van der Waals surface area contributed by atoms with Crippen LogP contribution in [0.15, 0.2) is 53.8 Å². The molecular weight excluding hydrogens is 514 g/mol. The predicted octanol–water partition coefficient (Wildman–Crippen LogP) is 4.07. The van der Waals surface area contributed by atoms with Crippen LogP contribution in [0.2, 0.25) is 0 Å². The average molecular weight is 543 g/mol. The van der Waals surface area contributed by atoms with Gasteiger partial charge in [-0.25, -0.2) is 22.2 Å². The number of aromatic nitrogens is 4. The van der Waals surface area contributed by atoms with Gasteiger partial charge in [-0.1, -0.05) is 6.92 Å². The number of anilines is 2. The second-order valence-electron chi connectivity index (χ2n) is 9.77. The molecule has 0 aliphatic heterocycles. The molecule has 9 nitrogen and oxygen atoms in total. The van der Waals surface area contributed by atoms with Crippen LogP contribution in [-0.4, -0.2) is 53.5 Å². The Morgan fingerprint density at radius 2 is 1.87 bits per heavy atom. The van der Waals surface area contributed by atoms with Crippen LogP contribution in [0.4, 0.5) is 20.4 Å². The summed E-state index contributed by atoms with van der Waals surface area (Å²) in [6, 6.07) is 6.50. The van der Waals surface area contributed by atoms with Gasteiger partial charge in [0.15, 0.2) is 9.84 Å². The number of rotatable bonds is 6. The highest BCUT2D eigenvalue weighted by atomic mass is 32.2. The molecule has 1 saturated carbocycles. The number of nitrogens with zero attached hydrogens (tertiary/aromatic N) is 4. The Hall–Kier alpha value is -3.48. The van der Waals surface area contributed by atoms with E-state index in [1.54, 1.807) is 31.8 Å². The standard InChI is InChI=1S/C26H28F2N6O3S/c1-14-8-15(9-21(29)25(14)37-2)18-6-7-30-13-23(18)32-26-31-12-16-4-5-22(33-34(16)26)24-19(27)10-17(11-20(24)28)38(3,35)36/h4-7,10-15,21,25H,8-9,29H2,1-3H3,(H,31,32)/t14-,15+,21+,25-/m0/s1. The second-order valence-corrected chi connectivity index (χ2v) is 11.8. The topological polar surface area (TPSA) is 124 Å². The number of nitrogens with one attached hydrogen (secondary N) is 1. The first-order valence-corrected chi connectivity index (χ1v) is 14.0. The van der Waals surface area contributed by atoms with E-state index in [4.69, 9.17) is 10.5 Å². The van der Waals surface area contributed by atoms with E-state index in [0.29, 0.717) is 11.5 Å². The number of sulfone groups is 1. The molecule has 3 N–H and O–H groups in total. The smallest absolute Gasteiger partial charge is 0.229 e. The minimum absolute atomic E-state index is 0.00403. The zero-order valence-corrected chi connectivity index (χ0v) is 21.9. The van der Waals surface area contributed by atoms with E-state index < -0.39 is 31.9 Å². The van der Waals surface area contributed by atoms with Crippen molar-refractivity contribution in [3.8, 4) is 11.3 Å². The monoisotopic (exact) mass is 542 g/mol. The van der Waals surface area contributed by atoms with Gasteiger partial charge in [-0.05, 0) is 60.6 Å². The molecular formula is C26H28F2N6O3S. The van der Waals surface area contributed by atoms with E-state index in [0.717, 1.165) is 42.5 Å². The molecule has 0 spiro atoms. The van der Waals surface area contributed by atoms with E-state index in [-0.39, 0.29) is 29.7 Å². The van der Waals surface area contributed by atoms with Crippen molar-refractivity contribution >= 4 is 27.0 Å². The van der Waals surface area contributed by atoms with Crippen molar-refractivity contribution in [2.45, 2.75) is 42.7 Å². The number of halogens is 2. The molecule has 4 atom stereocenters. The molecule has 1 aromatic carbocycles. The molecule has 0 saturated heterocycles. The van der Waals surface area contributed by atoms with Gasteiger partial charge in [-0.3, -0.25) is 4.98 Å². The van der Waals surface area contributed by atoms with Gasteiger partial charge in [0.1, 0.15) is 11.6 Å². The molecule has 1 fully saturated rings. The molecule has 3 aromatic heterocycles. The SMILES string of the molecule is CO[C@@H]1[C@H](N)C[C@H](c2ccncc2Nc2ncc3ccc(-c4c(F)cc(S(C)(=O)=O)cc4F)nn23)C[C@@H]1C. The van der Waals surface area contributed by atoms with Crippen LogP contribution in [0.25, 0.3) is 16.8 Å². The highest BCUT2D eigenvalue weighted by Crippen LogP contribution is 2.40. The molecule has 0 unspecified atom stereocenters. The van der Waals surface area contributed by atoms with Gasteiger partial charge in [-0.2, -0.15) is 9.61 Å². The molecule has 1 aliphatic carbocycles. The fraction of sp³-hybridized carbons (Fsp3) is 0.346. The normalized spacial score (nSPS) is 22.1. The van der Waals surface area contributed by atoms with E-state index in [2.05, 4.69) is 27.3 Å². The van der Waals surface area contributed by atoms with Crippen molar-refractivity contribution in [3.63, 3.8) is 0 Å². The first-order valence-electron chi connectivity index (χ1n) is 12.1. The summed E-state index contributed by atoms with van der Waals surface area (Å²) in [4.78, 5) is 8.23. The number of ether oxygens (including phenoxy) is 1. The second kappa shape index (κ2) is 10.0. The largest absolute Gasteiger partial charge is 0.380 e. The maximum atomic E-state index is 14.9. The van der Waals surface area contributed by atoms with Gasteiger partial charge < -0.3 is 15.8 Å². The zero-order valence-electron chi connectivity index (χ0n) is 21.1. The Morgan fingerprint density at radius 3 is 2.53 bits per heavy atom. The lowest BCUT2D eigenvalue weighted by Gasteiger charge is -2.38. The minimum atomic E-state index is -3.79. The van der Waals surface area contributed by atoms with Crippen LogP contribution < -0.4 is 11.1 Å². The van der Waals surface area contributed by atoms with E-state index in [1.165, 1.54) is 10.6 Å². The maximum Gasteiger partial charge on any atom is 0.229 e. The quantitative estimate of drug-likeness (QED) is 0.374. The summed E-state index contributed by atoms with van der Waals surface area (Å²) in [5.74, 6) is -1.29. The highest BCUT2D eigenvalue weighted by molar-refractivity contribution is 7.90. The number of fused-ring (bicyclic) bond motifs is 1. The maximum absolute atomic E-state index is 14.9. The average Bonchev–Trinajstić information content (AvgIpc) is 3.25. The summed E-state index contributed by atoms with van der Waals surface area (Å²) >= 11 is 0. The number of hydrogen-bond acceptors (Lipinski definition) is 8. The lowest BCUT2D eigenvalue weighted by molar-refractivity contribution is 0.00984. The number of benzene rings is 1. The van der Waals surface area contributed by atoms with Gasteiger partial charge in [0.2, 0.25) is 5.95 Å². The molecule has 200 valence electrons. The van der Waals surface area contributed by atoms with Gasteiger partial charge in [0.05, 0.1) is 45.9 Å². The molecule has 5 rings (SSSR count). The van der Waals surface area contributed by atoms with Crippen LogP contribution in [0.1, 0.15) is 31.2 Å². The number of methoxy groups -OCH3 is 1. The fourth-order valence-electron chi connectivity index (χ4n) is 5.32. The Bertz CT molecular complexity index is 1570. The Labute approximate surface area is 219 Å². The first-order chi connectivity index (χ1) is 18.1. The molecule has 38 heavy (non-hydrogen) atoms. The number of pyridine rings is 1. The van der Waals surface area contributed by atoms with Crippen molar-refractivity contribution < 1.29 is 21.9 Å². The lowest BCUT2D eigenvalue weighted by atomic mass is 9.74. The van der Waals surface area contributed by atoms with Gasteiger partial charge in [0, 0.05) is 25.6 Å². The predicted molar refractivity (Wildman–Crippen MR) is 139 cm³/mol. The molecule has 12 heteroatoms. The molecule has 3 heterocycles. The highest BCUT2D eigenvalue weighted by Gasteiger charge is 2.35. The van der Waals surface area contributed by atoms with Crippen molar-refractivity contribution in [1.82, 2.24) is 19.6 Å². The third-order valence-electron chi connectivity index (χ3n) is 7.09. The van der Waals surface area contributed by atoms with Crippen LogP contribution in [0, 0.1) is 17.6 Å². The van der Waals surface area contributed by atoms with Gasteiger partial charge >= 0.3 is 0 Å². The van der Waals surface area contributed by atoms with Gasteiger partial charge in [0.25, 0.3) is 0 Å². The zero-order chi connectivity index (χ0) is 27.2. The van der Waals surface area contributed by atoms with E-state index in [9.17, 15) is 17.2 Å². The minimum Gasteiger partial charge on any atom is -0.380 e. The summed E-state index contributed by atoms with van der Waals surface area (Å²) in [7, 11) is -2.10. The molecule has 0 radical (unpaired) electrons. The Balaban J connectivity index is 1.50. The summed E-state index contributed by atoms with van der Waals surface area (Å²) in [6.07, 6.45) is 7.52. The van der Waals surface area contributed by atoms with Crippen molar-refractivity contribution in [1.29, 1.82) is 0 Å². The number of imidazole rings is 1. The number of hydrogen-bond donors (Lipinski definition) is 2. The van der Waals surface area contributed by atoms with E-state index in [1.807, 2.05) is 6.07 Å². The first kappa shape index (κ1) is 26.1. The Kier molecular flexibility index (Phi) is 6.88. The van der Waals surface area contributed by atoms with Crippen molar-refractivity contribution in [2.75, 3.05) is 18.7 Å². The number of nitrogens with two attached hydrogens (primary N) is 1. The lowest BCUT2D eigenvalue weighted by Crippen LogP contribution is -2.45. The Morgan fingerprint density at radius 1 is 1.13 bits per heavy atom. The molecule has 1 aliphatic rings. The van der Waals surface area contributed by atoms with Crippen molar-refractivity contribution in [2.24, 2.45) is 11.7 Å². The van der Waals surface area contributed by atoms with Crippen LogP contribution in [0.5, 0.6) is 0 Å². The summed E-state index contributed by atoms with van der Waals surface area (Å²) < 4.78 is 60.3. The fourth-order valence-corrected chi connectivity index (χ4v) is 5.96. The van der Waals surface area contributed by atoms with Crippen LogP contribution in [0.3, 0.4) is 0 Å². The van der Waals surface area contributed by atoms with E-state index >= 15 is 0 Å². The van der Waals surface area contributed by atoms with Crippen molar-refractivity contribution in [3.05, 3.63) is 66.1 Å². The summed E-state index contributed by atoms with van der Waals surface area (Å²) in [5, 5.41) is 7.68. The third-order valence-corrected chi connectivity index (χ3v) is 8.18. The molecule has 0 amide bonds. The van der Waals surface area contributed by atoms with Crippen LogP contribution in [-0.2, 0) is 14.6 Å². The van der Waals surface area contributed by atoms with Gasteiger partial charge in [-0.15, -0.1) is 0 Å². The molecule has 4 aromatic rings.